The molecule has 0 spiro atoms. The molecule has 3 aromatic rings. The topological polar surface area (TPSA) is 12.9 Å². The van der Waals surface area contributed by atoms with Gasteiger partial charge in [0.2, 0.25) is 0 Å². The molecule has 1 heterocycles. The van der Waals surface area contributed by atoms with Crippen LogP contribution >= 0.6 is 35.6 Å². The monoisotopic (exact) mass is 409 g/mol. The van der Waals surface area contributed by atoms with Gasteiger partial charge < -0.3 is 0 Å². The van der Waals surface area contributed by atoms with Crippen molar-refractivity contribution in [1.82, 2.24) is 4.98 Å². The van der Waals surface area contributed by atoms with Crippen LogP contribution in [-0.4, -0.2) is 4.98 Å². The number of pyridine rings is 1. The van der Waals surface area contributed by atoms with Crippen LogP contribution in [0.2, 0.25) is 5.02 Å². The van der Waals surface area contributed by atoms with Gasteiger partial charge in [-0.1, -0.05) is 23.7 Å². The van der Waals surface area contributed by atoms with E-state index in [1.165, 1.54) is 0 Å². The first-order valence-electron chi connectivity index (χ1n) is 6.82. The van der Waals surface area contributed by atoms with Gasteiger partial charge in [-0.3, -0.25) is 0 Å². The Bertz CT molecular complexity index is 926. The molecule has 0 bridgehead atoms. The number of fused-ring (bicyclic) bond motifs is 1. The third-order valence-electron chi connectivity index (χ3n) is 3.56. The number of nitrogens with zero attached hydrogens (tertiary/aromatic N) is 1. The fraction of sp³-hybridized carbons (Fsp3) is 0.118. The zero-order valence-corrected chi connectivity index (χ0v) is 14.7. The minimum atomic E-state index is -4.65. The quantitative estimate of drug-likeness (QED) is 0.332. The summed E-state index contributed by atoms with van der Waals surface area (Å²) in [5, 5.41) is 0.937. The van der Waals surface area contributed by atoms with Gasteiger partial charge in [0.15, 0.2) is 0 Å². The number of benzene rings is 2. The van der Waals surface area contributed by atoms with E-state index in [0.717, 1.165) is 12.1 Å². The summed E-state index contributed by atoms with van der Waals surface area (Å²) in [6.07, 6.45) is -4.65. The van der Waals surface area contributed by atoms with Gasteiger partial charge in [0.05, 0.1) is 21.8 Å². The van der Waals surface area contributed by atoms with Crippen LogP contribution in [0.15, 0.2) is 42.5 Å². The van der Waals surface area contributed by atoms with Crippen LogP contribution in [0.4, 0.5) is 17.6 Å². The van der Waals surface area contributed by atoms with Crippen LogP contribution in [-0.2, 0) is 12.1 Å². The van der Waals surface area contributed by atoms with Gasteiger partial charge in [-0.05, 0) is 35.9 Å². The predicted octanol–water partition coefficient (Wildman–Crippen LogP) is 6.87. The predicted molar refractivity (Wildman–Crippen MR) is 94.0 cm³/mol. The van der Waals surface area contributed by atoms with Crippen LogP contribution in [0.1, 0.15) is 11.1 Å². The van der Waals surface area contributed by atoms with Crippen molar-refractivity contribution in [2.24, 2.45) is 0 Å². The molecule has 0 amide bonds. The largest absolute Gasteiger partial charge is 0.417 e. The van der Waals surface area contributed by atoms with Crippen LogP contribution in [0.25, 0.3) is 22.2 Å². The molecule has 0 aliphatic carbocycles. The van der Waals surface area contributed by atoms with Gasteiger partial charge >= 0.3 is 6.18 Å². The molecule has 0 radical (unpaired) electrons. The van der Waals surface area contributed by atoms with Crippen LogP contribution in [0.5, 0.6) is 0 Å². The molecule has 1 nitrogen and oxygen atoms in total. The second-order valence-corrected chi connectivity index (χ2v) is 5.80. The highest BCUT2D eigenvalue weighted by Crippen LogP contribution is 2.39. The number of halogens is 7. The Morgan fingerprint density at radius 3 is 2.40 bits per heavy atom. The van der Waals surface area contributed by atoms with E-state index in [1.807, 2.05) is 0 Å². The molecule has 8 heteroatoms. The molecular formula is C17H10Cl3F4N. The number of hydrogen-bond donors (Lipinski definition) is 0. The van der Waals surface area contributed by atoms with Gasteiger partial charge in [0.25, 0.3) is 0 Å². The average Bonchev–Trinajstić information content (AvgIpc) is 2.53. The lowest BCUT2D eigenvalue weighted by Crippen LogP contribution is -2.09. The van der Waals surface area contributed by atoms with E-state index in [1.54, 1.807) is 24.3 Å². The van der Waals surface area contributed by atoms with Crippen molar-refractivity contribution in [3.05, 3.63) is 64.4 Å². The maximum atomic E-state index is 13.6. The summed E-state index contributed by atoms with van der Waals surface area (Å²) < 4.78 is 53.5. The minimum Gasteiger partial charge on any atom is -0.246 e. The van der Waals surface area contributed by atoms with Crippen molar-refractivity contribution < 1.29 is 17.6 Å². The SMILES string of the molecule is Cl.Fc1ccc(C(F)(F)F)c(-c2nc3c(Cl)cccc3cc2CCl)c1. The molecule has 0 atom stereocenters. The number of alkyl halides is 4. The first kappa shape index (κ1) is 19.8. The zero-order chi connectivity index (χ0) is 17.5. The van der Waals surface area contributed by atoms with E-state index in [4.69, 9.17) is 23.2 Å². The summed E-state index contributed by atoms with van der Waals surface area (Å²) >= 11 is 12.0. The van der Waals surface area contributed by atoms with Crippen LogP contribution < -0.4 is 0 Å². The molecule has 2 aromatic carbocycles. The van der Waals surface area contributed by atoms with Crippen molar-refractivity contribution >= 4 is 46.5 Å². The standard InChI is InChI=1S/C17H9Cl2F4N.ClH/c18-8-10-6-9-2-1-3-14(19)16(9)24-15(10)12-7-11(20)4-5-13(12)17(21,22)23;/h1-7H,8H2;1H. The normalized spacial score (nSPS) is 11.4. The van der Waals surface area contributed by atoms with Crippen LogP contribution in [0.3, 0.4) is 0 Å². The highest BCUT2D eigenvalue weighted by Gasteiger charge is 2.34. The maximum Gasteiger partial charge on any atom is 0.417 e. The Labute approximate surface area is 157 Å². The van der Waals surface area contributed by atoms with Crippen molar-refractivity contribution in [1.29, 1.82) is 0 Å². The summed E-state index contributed by atoms with van der Waals surface area (Å²) in [4.78, 5) is 4.25. The third kappa shape index (κ3) is 3.84. The molecule has 0 N–H and O–H groups in total. The molecule has 132 valence electrons. The van der Waals surface area contributed by atoms with Crippen molar-refractivity contribution in [3.63, 3.8) is 0 Å². The highest BCUT2D eigenvalue weighted by atomic mass is 35.5. The number of para-hydroxylation sites is 1. The van der Waals surface area contributed by atoms with Gasteiger partial charge in [-0.2, -0.15) is 13.2 Å². The van der Waals surface area contributed by atoms with Gasteiger partial charge in [0.1, 0.15) is 5.82 Å². The fourth-order valence-electron chi connectivity index (χ4n) is 2.50. The molecule has 0 fully saturated rings. The Morgan fingerprint density at radius 1 is 1.04 bits per heavy atom. The zero-order valence-electron chi connectivity index (χ0n) is 12.4. The second-order valence-electron chi connectivity index (χ2n) is 5.13. The molecule has 0 aliphatic rings. The van der Waals surface area contributed by atoms with E-state index in [-0.39, 0.29) is 29.5 Å². The third-order valence-corrected chi connectivity index (χ3v) is 4.15. The molecule has 0 aliphatic heterocycles. The van der Waals surface area contributed by atoms with Gasteiger partial charge in [-0.25, -0.2) is 9.37 Å². The Balaban J connectivity index is 0.00000225. The lowest BCUT2D eigenvalue weighted by Gasteiger charge is -2.15. The number of rotatable bonds is 2. The van der Waals surface area contributed by atoms with E-state index in [0.29, 0.717) is 27.6 Å². The fourth-order valence-corrected chi connectivity index (χ4v) is 2.93. The number of aromatic nitrogens is 1. The van der Waals surface area contributed by atoms with Crippen molar-refractivity contribution in [2.75, 3.05) is 0 Å². The van der Waals surface area contributed by atoms with E-state index >= 15 is 0 Å². The van der Waals surface area contributed by atoms with E-state index in [9.17, 15) is 17.6 Å². The molecule has 0 saturated carbocycles. The van der Waals surface area contributed by atoms with E-state index < -0.39 is 17.6 Å². The second kappa shape index (κ2) is 7.36. The van der Waals surface area contributed by atoms with Crippen molar-refractivity contribution in [3.8, 4) is 11.3 Å². The molecule has 3 rings (SSSR count). The van der Waals surface area contributed by atoms with Gasteiger partial charge in [-0.15, -0.1) is 24.0 Å². The summed E-state index contributed by atoms with van der Waals surface area (Å²) in [5.74, 6) is -0.863. The first-order valence-corrected chi connectivity index (χ1v) is 7.73. The van der Waals surface area contributed by atoms with Crippen LogP contribution in [0, 0.1) is 5.82 Å². The molecule has 0 saturated heterocycles. The summed E-state index contributed by atoms with van der Waals surface area (Å²) in [6.45, 7) is 0. The summed E-state index contributed by atoms with van der Waals surface area (Å²) in [5.41, 5.74) is -0.672. The molecule has 1 aromatic heterocycles. The molecule has 25 heavy (non-hydrogen) atoms. The van der Waals surface area contributed by atoms with Crippen molar-refractivity contribution in [2.45, 2.75) is 12.1 Å². The Hall–Kier alpha value is -1.56. The Morgan fingerprint density at radius 2 is 1.76 bits per heavy atom. The lowest BCUT2D eigenvalue weighted by atomic mass is 9.99. The average molecular weight is 411 g/mol. The summed E-state index contributed by atoms with van der Waals surface area (Å²) in [6, 6.07) is 8.89. The number of hydrogen-bond acceptors (Lipinski definition) is 1. The van der Waals surface area contributed by atoms with E-state index in [2.05, 4.69) is 4.98 Å². The lowest BCUT2D eigenvalue weighted by molar-refractivity contribution is -0.137. The smallest absolute Gasteiger partial charge is 0.246 e. The summed E-state index contributed by atoms with van der Waals surface area (Å²) in [7, 11) is 0. The first-order chi connectivity index (χ1) is 11.3. The maximum absolute atomic E-state index is 13.6. The Kier molecular flexibility index (Phi) is 5.82. The molecular weight excluding hydrogens is 401 g/mol. The minimum absolute atomic E-state index is 0. The highest BCUT2D eigenvalue weighted by molar-refractivity contribution is 6.35. The molecule has 0 unspecified atom stereocenters. The van der Waals surface area contributed by atoms with Gasteiger partial charge in [0, 0.05) is 16.8 Å².